The molecule has 2 aromatic carbocycles. The molecule has 34 heavy (non-hydrogen) atoms. The third kappa shape index (κ3) is 4.05. The van der Waals surface area contributed by atoms with Crippen molar-refractivity contribution >= 4 is 33.2 Å². The van der Waals surface area contributed by atoms with E-state index in [9.17, 15) is 5.26 Å². The van der Waals surface area contributed by atoms with Gasteiger partial charge in [-0.05, 0) is 54.0 Å². The minimum Gasteiger partial charge on any atom is -0.493 e. The summed E-state index contributed by atoms with van der Waals surface area (Å²) in [7, 11) is 3.01. The zero-order valence-electron chi connectivity index (χ0n) is 18.5. The smallest absolute Gasteiger partial charge is 0.242 e. The lowest BCUT2D eigenvalue weighted by Gasteiger charge is -2.15. The number of benzene rings is 2. The molecule has 0 bridgehead atoms. The van der Waals surface area contributed by atoms with Crippen LogP contribution in [0.3, 0.4) is 0 Å². The molecule has 4 aromatic rings. The Morgan fingerprint density at radius 3 is 2.24 bits per heavy atom. The molecule has 8 nitrogen and oxygen atoms in total. The zero-order chi connectivity index (χ0) is 23.7. The quantitative estimate of drug-likeness (QED) is 0.358. The number of thiophene rings is 1. The maximum Gasteiger partial charge on any atom is 0.242 e. The topological polar surface area (TPSA) is 113 Å². The van der Waals surface area contributed by atoms with Crippen LogP contribution in [0.25, 0.3) is 10.2 Å². The van der Waals surface area contributed by atoms with E-state index in [1.165, 1.54) is 31.1 Å². The Kier molecular flexibility index (Phi) is 5.62. The van der Waals surface area contributed by atoms with E-state index in [0.29, 0.717) is 46.1 Å². The standard InChI is InChI=1S/C25H19N5O3S/c1-31-19-9-15(12-27)10-20(32-2)22(19)33-24-23-21(18(13-34-23)16-5-6-16)29-25(30-24)28-17-7-3-14(11-26)4-8-17/h3-4,7-10,13,16H,5-6H2,1-2H3,(H,28,29,30). The number of hydrogen-bond acceptors (Lipinski definition) is 9. The van der Waals surface area contributed by atoms with E-state index in [1.807, 2.05) is 0 Å². The first-order chi connectivity index (χ1) is 16.6. The number of nitrogens with zero attached hydrogens (tertiary/aromatic N) is 4. The molecule has 0 amide bonds. The maximum atomic E-state index is 9.32. The molecule has 0 radical (unpaired) electrons. The van der Waals surface area contributed by atoms with E-state index >= 15 is 0 Å². The van der Waals surface area contributed by atoms with Gasteiger partial charge in [0.25, 0.3) is 0 Å². The van der Waals surface area contributed by atoms with E-state index < -0.39 is 0 Å². The van der Waals surface area contributed by atoms with Crippen LogP contribution in [0.15, 0.2) is 41.8 Å². The monoisotopic (exact) mass is 469 g/mol. The molecule has 1 N–H and O–H groups in total. The number of hydrogen-bond donors (Lipinski definition) is 1. The summed E-state index contributed by atoms with van der Waals surface area (Å²) in [6.07, 6.45) is 2.28. The van der Waals surface area contributed by atoms with Gasteiger partial charge in [-0.25, -0.2) is 4.98 Å². The van der Waals surface area contributed by atoms with Gasteiger partial charge in [-0.3, -0.25) is 0 Å². The largest absolute Gasteiger partial charge is 0.493 e. The van der Waals surface area contributed by atoms with Gasteiger partial charge in [0.1, 0.15) is 4.70 Å². The second-order valence-corrected chi connectivity index (χ2v) is 8.61. The molecule has 0 saturated heterocycles. The van der Waals surface area contributed by atoms with Crippen LogP contribution in [0, 0.1) is 22.7 Å². The van der Waals surface area contributed by atoms with E-state index in [1.54, 1.807) is 36.4 Å². The minimum atomic E-state index is 0.328. The molecule has 0 spiro atoms. The van der Waals surface area contributed by atoms with Crippen molar-refractivity contribution in [3.8, 4) is 35.3 Å². The van der Waals surface area contributed by atoms with E-state index in [-0.39, 0.29) is 0 Å². The Bertz CT molecular complexity index is 1440. The normalized spacial score (nSPS) is 12.6. The van der Waals surface area contributed by atoms with Gasteiger partial charge < -0.3 is 19.5 Å². The van der Waals surface area contributed by atoms with Crippen molar-refractivity contribution in [2.45, 2.75) is 18.8 Å². The van der Waals surface area contributed by atoms with Crippen molar-refractivity contribution in [1.29, 1.82) is 10.5 Å². The van der Waals surface area contributed by atoms with Gasteiger partial charge in [-0.1, -0.05) is 0 Å². The summed E-state index contributed by atoms with van der Waals surface area (Å²) >= 11 is 1.53. The number of rotatable bonds is 7. The fraction of sp³-hybridized carbons (Fsp3) is 0.200. The van der Waals surface area contributed by atoms with Crippen molar-refractivity contribution in [2.24, 2.45) is 0 Å². The predicted octanol–water partition coefficient (Wildman–Crippen LogP) is 5.87. The molecule has 0 unspecified atom stereocenters. The lowest BCUT2D eigenvalue weighted by atomic mass is 10.2. The van der Waals surface area contributed by atoms with Crippen LogP contribution in [0.5, 0.6) is 23.1 Å². The van der Waals surface area contributed by atoms with Crippen LogP contribution in [-0.2, 0) is 0 Å². The van der Waals surface area contributed by atoms with Crippen molar-refractivity contribution in [3.05, 3.63) is 58.5 Å². The van der Waals surface area contributed by atoms with Crippen LogP contribution in [0.1, 0.15) is 35.4 Å². The number of aromatic nitrogens is 2. The van der Waals surface area contributed by atoms with Crippen molar-refractivity contribution < 1.29 is 14.2 Å². The van der Waals surface area contributed by atoms with Gasteiger partial charge in [0.15, 0.2) is 11.5 Å². The molecule has 168 valence electrons. The lowest BCUT2D eigenvalue weighted by molar-refractivity contribution is 0.343. The Morgan fingerprint density at radius 2 is 1.65 bits per heavy atom. The highest BCUT2D eigenvalue weighted by Gasteiger charge is 2.29. The van der Waals surface area contributed by atoms with Gasteiger partial charge in [-0.15, -0.1) is 11.3 Å². The first-order valence-electron chi connectivity index (χ1n) is 10.5. The van der Waals surface area contributed by atoms with Crippen molar-refractivity contribution in [2.75, 3.05) is 19.5 Å². The first kappa shape index (κ1) is 21.5. The fourth-order valence-corrected chi connectivity index (χ4v) is 4.63. The van der Waals surface area contributed by atoms with Crippen molar-refractivity contribution in [1.82, 2.24) is 9.97 Å². The Balaban J connectivity index is 1.60. The van der Waals surface area contributed by atoms with Crippen LogP contribution in [0.2, 0.25) is 0 Å². The molecular formula is C25H19N5O3S. The molecule has 1 aliphatic rings. The highest BCUT2D eigenvalue weighted by molar-refractivity contribution is 7.17. The van der Waals surface area contributed by atoms with Gasteiger partial charge >= 0.3 is 0 Å². The van der Waals surface area contributed by atoms with Gasteiger partial charge in [0, 0.05) is 17.8 Å². The summed E-state index contributed by atoms with van der Waals surface area (Å²) in [5.41, 5.74) is 3.75. The number of anilines is 2. The molecule has 1 fully saturated rings. The van der Waals surface area contributed by atoms with Crippen molar-refractivity contribution in [3.63, 3.8) is 0 Å². The molecular weight excluding hydrogens is 450 g/mol. The number of nitriles is 2. The van der Waals surface area contributed by atoms with Crippen LogP contribution >= 0.6 is 11.3 Å². The molecule has 2 heterocycles. The van der Waals surface area contributed by atoms with Crippen LogP contribution in [0.4, 0.5) is 11.6 Å². The minimum absolute atomic E-state index is 0.328. The SMILES string of the molecule is COc1cc(C#N)cc(OC)c1Oc1nc(Nc2ccc(C#N)cc2)nc2c(C3CC3)csc12. The van der Waals surface area contributed by atoms with Gasteiger partial charge in [-0.2, -0.15) is 15.5 Å². The summed E-state index contributed by atoms with van der Waals surface area (Å²) in [5.74, 6) is 2.29. The molecule has 5 rings (SSSR count). The average molecular weight is 470 g/mol. The number of ether oxygens (including phenoxy) is 3. The predicted molar refractivity (Wildman–Crippen MR) is 128 cm³/mol. The number of nitrogens with one attached hydrogen (secondary N) is 1. The summed E-state index contributed by atoms with van der Waals surface area (Å²) in [6, 6.07) is 14.4. The Morgan fingerprint density at radius 1 is 0.971 bits per heavy atom. The van der Waals surface area contributed by atoms with Crippen LogP contribution < -0.4 is 19.5 Å². The molecule has 1 aliphatic carbocycles. The summed E-state index contributed by atoms with van der Waals surface area (Å²) in [6.45, 7) is 0. The first-order valence-corrected chi connectivity index (χ1v) is 11.4. The molecule has 1 saturated carbocycles. The van der Waals surface area contributed by atoms with E-state index in [4.69, 9.17) is 24.5 Å². The molecule has 2 aromatic heterocycles. The third-order valence-electron chi connectivity index (χ3n) is 5.49. The third-order valence-corrected chi connectivity index (χ3v) is 6.46. The van der Waals surface area contributed by atoms with Gasteiger partial charge in [0.05, 0.1) is 43.0 Å². The average Bonchev–Trinajstić information content (AvgIpc) is 3.63. The summed E-state index contributed by atoms with van der Waals surface area (Å²) in [4.78, 5) is 9.43. The van der Waals surface area contributed by atoms with Crippen LogP contribution in [-0.4, -0.2) is 24.2 Å². The zero-order valence-corrected chi connectivity index (χ0v) is 19.3. The number of methoxy groups -OCH3 is 2. The maximum absolute atomic E-state index is 9.32. The van der Waals surface area contributed by atoms with E-state index in [0.717, 1.165) is 28.7 Å². The summed E-state index contributed by atoms with van der Waals surface area (Å²) in [5, 5.41) is 23.7. The fourth-order valence-electron chi connectivity index (χ4n) is 3.62. The van der Waals surface area contributed by atoms with Gasteiger partial charge in [0.2, 0.25) is 17.6 Å². The molecule has 9 heteroatoms. The highest BCUT2D eigenvalue weighted by Crippen LogP contribution is 2.48. The molecule has 0 aliphatic heterocycles. The Labute approximate surface area is 200 Å². The highest BCUT2D eigenvalue weighted by atomic mass is 32.1. The second-order valence-electron chi connectivity index (χ2n) is 7.73. The lowest BCUT2D eigenvalue weighted by Crippen LogP contribution is -2.01. The Hall–Kier alpha value is -4.34. The number of fused-ring (bicyclic) bond motifs is 1. The van der Waals surface area contributed by atoms with E-state index in [2.05, 4.69) is 27.8 Å². The second kappa shape index (κ2) is 8.89. The molecule has 0 atom stereocenters. The summed E-state index contributed by atoms with van der Waals surface area (Å²) < 4.78 is 18.1.